The lowest BCUT2D eigenvalue weighted by Crippen LogP contribution is -2.45. The van der Waals surface area contributed by atoms with Gasteiger partial charge in [0.25, 0.3) is 0 Å². The van der Waals surface area contributed by atoms with Crippen molar-refractivity contribution in [3.8, 4) is 0 Å². The molecule has 2 saturated heterocycles. The van der Waals surface area contributed by atoms with Crippen molar-refractivity contribution < 1.29 is 36.2 Å². The SMILES string of the molecule is CN(C)[C@@H]1CN(S(=O)(=O)c2ccccc2)[C@@H]2CCCO[C@H]12.O=C(O)C(F)(F)F. The van der Waals surface area contributed by atoms with Crippen LogP contribution in [0.2, 0.25) is 0 Å². The molecule has 0 radical (unpaired) electrons. The van der Waals surface area contributed by atoms with Gasteiger partial charge in [0.15, 0.2) is 0 Å². The van der Waals surface area contributed by atoms with Gasteiger partial charge in [-0.2, -0.15) is 17.5 Å². The molecular formula is C17H23F3N2O5S. The number of alkyl halides is 3. The number of likely N-dealkylation sites (N-methyl/N-ethyl adjacent to an activating group) is 1. The Hall–Kier alpha value is -1.69. The van der Waals surface area contributed by atoms with Crippen LogP contribution in [0.1, 0.15) is 12.8 Å². The van der Waals surface area contributed by atoms with Crippen LogP contribution in [-0.4, -0.2) is 80.3 Å². The first-order valence-corrected chi connectivity index (χ1v) is 10.1. The third-order valence-electron chi connectivity index (χ3n) is 4.71. The van der Waals surface area contributed by atoms with Gasteiger partial charge in [-0.15, -0.1) is 0 Å². The molecule has 0 bridgehead atoms. The summed E-state index contributed by atoms with van der Waals surface area (Å²) in [4.78, 5) is 11.3. The number of rotatable bonds is 3. The third kappa shape index (κ3) is 5.02. The summed E-state index contributed by atoms with van der Waals surface area (Å²) in [6.45, 7) is 1.23. The lowest BCUT2D eigenvalue weighted by atomic mass is 10.0. The molecule has 7 nitrogen and oxygen atoms in total. The van der Waals surface area contributed by atoms with E-state index in [2.05, 4.69) is 4.90 Å². The van der Waals surface area contributed by atoms with Gasteiger partial charge in [-0.1, -0.05) is 18.2 Å². The molecule has 2 aliphatic heterocycles. The number of hydrogen-bond donors (Lipinski definition) is 1. The molecule has 3 atom stereocenters. The van der Waals surface area contributed by atoms with E-state index in [0.29, 0.717) is 11.4 Å². The average molecular weight is 424 g/mol. The van der Waals surface area contributed by atoms with Crippen molar-refractivity contribution in [1.29, 1.82) is 0 Å². The highest BCUT2D eigenvalue weighted by Gasteiger charge is 2.49. The van der Waals surface area contributed by atoms with E-state index in [0.717, 1.165) is 19.4 Å². The van der Waals surface area contributed by atoms with Crippen LogP contribution in [0.5, 0.6) is 0 Å². The number of carboxylic acids is 1. The maximum atomic E-state index is 12.9. The fraction of sp³-hybridized carbons (Fsp3) is 0.588. The van der Waals surface area contributed by atoms with Crippen molar-refractivity contribution in [2.75, 3.05) is 27.2 Å². The zero-order valence-corrected chi connectivity index (χ0v) is 16.3. The zero-order valence-electron chi connectivity index (χ0n) is 15.5. The van der Waals surface area contributed by atoms with E-state index in [1.807, 2.05) is 20.2 Å². The highest BCUT2D eigenvalue weighted by atomic mass is 32.2. The first kappa shape index (κ1) is 22.6. The van der Waals surface area contributed by atoms with Crippen LogP contribution in [0.4, 0.5) is 13.2 Å². The molecule has 3 rings (SSSR count). The number of fused-ring (bicyclic) bond motifs is 1. The maximum Gasteiger partial charge on any atom is 0.490 e. The lowest BCUT2D eigenvalue weighted by molar-refractivity contribution is -0.192. The molecule has 0 spiro atoms. The van der Waals surface area contributed by atoms with Crippen molar-refractivity contribution in [3.05, 3.63) is 30.3 Å². The predicted molar refractivity (Wildman–Crippen MR) is 94.3 cm³/mol. The standard InChI is InChI=1S/C15H22N2O3S.C2HF3O2/c1-16(2)14-11-17(13-9-6-10-20-15(13)14)21(18,19)12-7-4-3-5-8-12;3-2(4,5)1(6)7/h3-5,7-8,13-15H,6,9-11H2,1-2H3;(H,6,7)/t13-,14-,15+;/m1./s1. The van der Waals surface area contributed by atoms with Crippen LogP contribution in [0.25, 0.3) is 0 Å². The third-order valence-corrected chi connectivity index (χ3v) is 6.61. The molecule has 0 amide bonds. The minimum absolute atomic E-state index is 0.0211. The molecule has 28 heavy (non-hydrogen) atoms. The van der Waals surface area contributed by atoms with Crippen LogP contribution < -0.4 is 0 Å². The average Bonchev–Trinajstić information content (AvgIpc) is 3.03. The molecule has 0 aliphatic carbocycles. The lowest BCUT2D eigenvalue weighted by Gasteiger charge is -2.33. The minimum Gasteiger partial charge on any atom is -0.475 e. The highest BCUT2D eigenvalue weighted by Crippen LogP contribution is 2.34. The molecule has 0 unspecified atom stereocenters. The Morgan fingerprint density at radius 1 is 1.25 bits per heavy atom. The topological polar surface area (TPSA) is 87.2 Å². The Morgan fingerprint density at radius 2 is 1.82 bits per heavy atom. The molecule has 2 heterocycles. The molecule has 0 aromatic heterocycles. The number of carboxylic acid groups (broad SMARTS) is 1. The Balaban J connectivity index is 0.000000345. The van der Waals surface area contributed by atoms with Crippen LogP contribution in [0.3, 0.4) is 0 Å². The van der Waals surface area contributed by atoms with E-state index in [1.54, 1.807) is 28.6 Å². The van der Waals surface area contributed by atoms with Crippen molar-refractivity contribution in [2.24, 2.45) is 0 Å². The first-order chi connectivity index (χ1) is 13.0. The van der Waals surface area contributed by atoms with E-state index >= 15 is 0 Å². The van der Waals surface area contributed by atoms with Gasteiger partial charge >= 0.3 is 12.1 Å². The molecule has 1 aromatic rings. The molecule has 1 N–H and O–H groups in total. The number of aliphatic carboxylic acids is 1. The Morgan fingerprint density at radius 3 is 2.32 bits per heavy atom. The fourth-order valence-corrected chi connectivity index (χ4v) is 5.05. The Labute approximate surface area is 161 Å². The molecule has 2 aliphatic rings. The molecular weight excluding hydrogens is 401 g/mol. The van der Waals surface area contributed by atoms with Gasteiger partial charge in [-0.25, -0.2) is 13.2 Å². The van der Waals surface area contributed by atoms with Crippen LogP contribution in [-0.2, 0) is 19.6 Å². The quantitative estimate of drug-likeness (QED) is 0.796. The summed E-state index contributed by atoms with van der Waals surface area (Å²) in [6.07, 6.45) is -3.31. The van der Waals surface area contributed by atoms with E-state index in [-0.39, 0.29) is 18.2 Å². The smallest absolute Gasteiger partial charge is 0.475 e. The summed E-state index contributed by atoms with van der Waals surface area (Å²) in [5.41, 5.74) is 0. The second-order valence-corrected chi connectivity index (χ2v) is 8.66. The number of benzene rings is 1. The van der Waals surface area contributed by atoms with E-state index in [1.165, 1.54) is 0 Å². The van der Waals surface area contributed by atoms with Gasteiger partial charge in [0, 0.05) is 13.2 Å². The van der Waals surface area contributed by atoms with Crippen LogP contribution in [0, 0.1) is 0 Å². The summed E-state index contributed by atoms with van der Waals surface area (Å²) >= 11 is 0. The zero-order chi connectivity index (χ0) is 21.1. The monoisotopic (exact) mass is 424 g/mol. The fourth-order valence-electron chi connectivity index (χ4n) is 3.35. The van der Waals surface area contributed by atoms with Gasteiger partial charge in [0.05, 0.1) is 23.1 Å². The van der Waals surface area contributed by atoms with E-state index in [9.17, 15) is 21.6 Å². The summed E-state index contributed by atoms with van der Waals surface area (Å²) in [5.74, 6) is -2.76. The highest BCUT2D eigenvalue weighted by molar-refractivity contribution is 7.89. The van der Waals surface area contributed by atoms with Gasteiger partial charge in [-0.3, -0.25) is 0 Å². The summed E-state index contributed by atoms with van der Waals surface area (Å²) in [5, 5.41) is 7.12. The van der Waals surface area contributed by atoms with Gasteiger partial charge < -0.3 is 14.7 Å². The van der Waals surface area contributed by atoms with Gasteiger partial charge in [-0.05, 0) is 39.1 Å². The second-order valence-electron chi connectivity index (χ2n) is 6.77. The Bertz CT molecular complexity index is 771. The largest absolute Gasteiger partial charge is 0.490 e. The first-order valence-electron chi connectivity index (χ1n) is 8.61. The second kappa shape index (κ2) is 8.76. The molecule has 11 heteroatoms. The molecule has 1 aromatic carbocycles. The van der Waals surface area contributed by atoms with Crippen molar-refractivity contribution in [2.45, 2.75) is 42.1 Å². The number of halogens is 3. The van der Waals surface area contributed by atoms with Gasteiger partial charge in [0.2, 0.25) is 10.0 Å². The number of hydrogen-bond acceptors (Lipinski definition) is 5. The summed E-state index contributed by atoms with van der Waals surface area (Å²) < 4.78 is 65.1. The number of ether oxygens (including phenoxy) is 1. The number of sulfonamides is 1. The van der Waals surface area contributed by atoms with E-state index < -0.39 is 22.2 Å². The summed E-state index contributed by atoms with van der Waals surface area (Å²) in [6, 6.07) is 8.76. The normalized spacial score (nSPS) is 25.7. The van der Waals surface area contributed by atoms with Gasteiger partial charge in [0.1, 0.15) is 0 Å². The van der Waals surface area contributed by atoms with Crippen molar-refractivity contribution >= 4 is 16.0 Å². The van der Waals surface area contributed by atoms with E-state index in [4.69, 9.17) is 14.6 Å². The minimum atomic E-state index is -5.08. The summed E-state index contributed by atoms with van der Waals surface area (Å²) in [7, 11) is 0.520. The predicted octanol–water partition coefficient (Wildman–Crippen LogP) is 1.80. The van der Waals surface area contributed by atoms with Crippen molar-refractivity contribution in [3.63, 3.8) is 0 Å². The maximum absolute atomic E-state index is 12.9. The number of nitrogens with zero attached hydrogens (tertiary/aromatic N) is 2. The molecule has 2 fully saturated rings. The van der Waals surface area contributed by atoms with Crippen LogP contribution >= 0.6 is 0 Å². The molecule has 158 valence electrons. The van der Waals surface area contributed by atoms with Crippen LogP contribution in [0.15, 0.2) is 35.2 Å². The van der Waals surface area contributed by atoms with Crippen molar-refractivity contribution in [1.82, 2.24) is 9.21 Å². The Kier molecular flexibility index (Phi) is 7.07. The molecule has 0 saturated carbocycles. The number of carbonyl (C=O) groups is 1.